The van der Waals surface area contributed by atoms with E-state index >= 15 is 0 Å². The standard InChI is InChI=1S/C10H15BrO/c1-4-6-10(12-3)8-7-9(11)5-2/h5-8H,4H2,1-3H3/b8-7-,9-5+,10-6-. The van der Waals surface area contributed by atoms with E-state index in [1.165, 1.54) is 0 Å². The molecule has 0 aromatic rings. The topological polar surface area (TPSA) is 9.23 Å². The predicted molar refractivity (Wildman–Crippen MR) is 57.2 cm³/mol. The summed E-state index contributed by atoms with van der Waals surface area (Å²) in [5, 5.41) is 0. The van der Waals surface area contributed by atoms with Crippen molar-refractivity contribution < 1.29 is 4.74 Å². The minimum atomic E-state index is 0.899. The highest BCUT2D eigenvalue weighted by molar-refractivity contribution is 9.11. The molecule has 0 aliphatic carbocycles. The molecule has 0 radical (unpaired) electrons. The molecule has 0 aliphatic rings. The van der Waals surface area contributed by atoms with Crippen LogP contribution < -0.4 is 0 Å². The summed E-state index contributed by atoms with van der Waals surface area (Å²) in [6.45, 7) is 4.06. The second-order valence-corrected chi connectivity index (χ2v) is 3.14. The van der Waals surface area contributed by atoms with Crippen molar-refractivity contribution in [1.82, 2.24) is 0 Å². The normalized spacial score (nSPS) is 14.0. The Balaban J connectivity index is 4.20. The van der Waals surface area contributed by atoms with Crippen LogP contribution in [0.3, 0.4) is 0 Å². The number of methoxy groups -OCH3 is 1. The van der Waals surface area contributed by atoms with Crippen LogP contribution in [0.2, 0.25) is 0 Å². The monoisotopic (exact) mass is 230 g/mol. The van der Waals surface area contributed by atoms with Gasteiger partial charge in [-0.05, 0) is 31.6 Å². The predicted octanol–water partition coefficient (Wildman–Crippen LogP) is 3.78. The van der Waals surface area contributed by atoms with Gasteiger partial charge in [0.05, 0.1) is 7.11 Å². The van der Waals surface area contributed by atoms with E-state index in [1.807, 2.05) is 31.2 Å². The molecule has 68 valence electrons. The molecule has 0 bridgehead atoms. The summed E-state index contributed by atoms with van der Waals surface area (Å²) in [6, 6.07) is 0. The maximum Gasteiger partial charge on any atom is 0.114 e. The molecular weight excluding hydrogens is 216 g/mol. The first-order chi connectivity index (χ1) is 5.74. The molecule has 0 saturated carbocycles. The number of allylic oxidation sites excluding steroid dienone is 5. The van der Waals surface area contributed by atoms with Crippen molar-refractivity contribution >= 4 is 15.9 Å². The summed E-state index contributed by atoms with van der Waals surface area (Å²) >= 11 is 3.38. The van der Waals surface area contributed by atoms with Crippen LogP contribution in [0.1, 0.15) is 20.3 Å². The van der Waals surface area contributed by atoms with Crippen LogP contribution in [0, 0.1) is 0 Å². The quantitative estimate of drug-likeness (QED) is 0.528. The molecule has 0 aromatic heterocycles. The maximum absolute atomic E-state index is 5.11. The zero-order chi connectivity index (χ0) is 9.40. The fraction of sp³-hybridized carbons (Fsp3) is 0.400. The second-order valence-electron chi connectivity index (χ2n) is 2.23. The van der Waals surface area contributed by atoms with Gasteiger partial charge >= 0.3 is 0 Å². The molecule has 0 N–H and O–H groups in total. The Morgan fingerprint density at radius 1 is 1.42 bits per heavy atom. The molecule has 0 atom stereocenters. The van der Waals surface area contributed by atoms with Gasteiger partial charge in [-0.15, -0.1) is 0 Å². The molecule has 0 aliphatic heterocycles. The molecule has 2 heteroatoms. The lowest BCUT2D eigenvalue weighted by atomic mass is 10.3. The maximum atomic E-state index is 5.11. The van der Waals surface area contributed by atoms with E-state index in [4.69, 9.17) is 4.74 Å². The molecule has 0 unspecified atom stereocenters. The highest BCUT2D eigenvalue weighted by atomic mass is 79.9. The molecule has 0 fully saturated rings. The average Bonchev–Trinajstić information content (AvgIpc) is 2.11. The number of halogens is 1. The third-order valence-electron chi connectivity index (χ3n) is 1.32. The van der Waals surface area contributed by atoms with Crippen LogP contribution in [0.5, 0.6) is 0 Å². The largest absolute Gasteiger partial charge is 0.497 e. The van der Waals surface area contributed by atoms with Crippen LogP contribution in [0.15, 0.2) is 34.5 Å². The minimum Gasteiger partial charge on any atom is -0.497 e. The Morgan fingerprint density at radius 2 is 2.08 bits per heavy atom. The van der Waals surface area contributed by atoms with Crippen molar-refractivity contribution in [1.29, 1.82) is 0 Å². The summed E-state index contributed by atoms with van der Waals surface area (Å²) in [5.41, 5.74) is 0. The van der Waals surface area contributed by atoms with E-state index in [0.717, 1.165) is 16.7 Å². The van der Waals surface area contributed by atoms with E-state index < -0.39 is 0 Å². The molecule has 0 heterocycles. The average molecular weight is 231 g/mol. The van der Waals surface area contributed by atoms with Gasteiger partial charge in [0.2, 0.25) is 0 Å². The number of rotatable bonds is 4. The molecule has 0 aromatic carbocycles. The summed E-state index contributed by atoms with van der Waals surface area (Å²) in [4.78, 5) is 0. The number of hydrogen-bond acceptors (Lipinski definition) is 1. The van der Waals surface area contributed by atoms with Crippen LogP contribution in [0.4, 0.5) is 0 Å². The summed E-state index contributed by atoms with van der Waals surface area (Å²) in [6.07, 6.45) is 8.90. The van der Waals surface area contributed by atoms with Crippen LogP contribution in [-0.2, 0) is 4.74 Å². The van der Waals surface area contributed by atoms with Crippen molar-refractivity contribution in [2.75, 3.05) is 7.11 Å². The Morgan fingerprint density at radius 3 is 2.50 bits per heavy atom. The highest BCUT2D eigenvalue weighted by Gasteiger charge is 1.87. The van der Waals surface area contributed by atoms with Crippen molar-refractivity contribution in [3.63, 3.8) is 0 Å². The zero-order valence-corrected chi connectivity index (χ0v) is 9.39. The third kappa shape index (κ3) is 5.19. The first-order valence-electron chi connectivity index (χ1n) is 3.98. The van der Waals surface area contributed by atoms with Gasteiger partial charge in [0, 0.05) is 4.48 Å². The van der Waals surface area contributed by atoms with E-state index in [1.54, 1.807) is 7.11 Å². The third-order valence-corrected chi connectivity index (χ3v) is 2.05. The number of ether oxygens (including phenoxy) is 1. The van der Waals surface area contributed by atoms with Crippen molar-refractivity contribution in [3.8, 4) is 0 Å². The van der Waals surface area contributed by atoms with Gasteiger partial charge in [0.1, 0.15) is 5.76 Å². The Kier molecular flexibility index (Phi) is 6.87. The SMILES string of the molecule is C\C=C(Br)/C=C\C(=C\CC)OC. The van der Waals surface area contributed by atoms with Gasteiger partial charge < -0.3 is 4.74 Å². The number of hydrogen-bond donors (Lipinski definition) is 0. The van der Waals surface area contributed by atoms with Gasteiger partial charge in [-0.2, -0.15) is 0 Å². The lowest BCUT2D eigenvalue weighted by Crippen LogP contribution is -1.80. The molecule has 0 amide bonds. The second kappa shape index (κ2) is 7.17. The molecule has 0 saturated heterocycles. The summed E-state index contributed by atoms with van der Waals surface area (Å²) in [7, 11) is 1.68. The van der Waals surface area contributed by atoms with Crippen LogP contribution in [-0.4, -0.2) is 7.11 Å². The van der Waals surface area contributed by atoms with Gasteiger partial charge in [-0.25, -0.2) is 0 Å². The van der Waals surface area contributed by atoms with E-state index in [9.17, 15) is 0 Å². The molecular formula is C10H15BrO. The highest BCUT2D eigenvalue weighted by Crippen LogP contribution is 2.08. The molecule has 0 rings (SSSR count). The Bertz CT molecular complexity index is 202. The van der Waals surface area contributed by atoms with Gasteiger partial charge in [-0.3, -0.25) is 0 Å². The lowest BCUT2D eigenvalue weighted by molar-refractivity contribution is 0.305. The first kappa shape index (κ1) is 11.5. The smallest absolute Gasteiger partial charge is 0.114 e. The summed E-state index contributed by atoms with van der Waals surface area (Å²) < 4.78 is 6.17. The first-order valence-corrected chi connectivity index (χ1v) is 4.78. The molecule has 0 spiro atoms. The minimum absolute atomic E-state index is 0.899. The Labute approximate surface area is 82.9 Å². The lowest BCUT2D eigenvalue weighted by Gasteiger charge is -1.98. The van der Waals surface area contributed by atoms with Crippen LogP contribution >= 0.6 is 15.9 Å². The van der Waals surface area contributed by atoms with Crippen molar-refractivity contribution in [2.24, 2.45) is 0 Å². The molecule has 1 nitrogen and oxygen atoms in total. The van der Waals surface area contributed by atoms with E-state index in [2.05, 4.69) is 22.9 Å². The van der Waals surface area contributed by atoms with Gasteiger partial charge in [-0.1, -0.05) is 28.9 Å². The van der Waals surface area contributed by atoms with Gasteiger partial charge in [0.15, 0.2) is 0 Å². The summed E-state index contributed by atoms with van der Waals surface area (Å²) in [5.74, 6) is 0.899. The zero-order valence-electron chi connectivity index (χ0n) is 7.80. The van der Waals surface area contributed by atoms with Crippen molar-refractivity contribution in [2.45, 2.75) is 20.3 Å². The Hall–Kier alpha value is -0.500. The fourth-order valence-corrected chi connectivity index (χ4v) is 0.811. The van der Waals surface area contributed by atoms with E-state index in [-0.39, 0.29) is 0 Å². The molecule has 12 heavy (non-hydrogen) atoms. The fourth-order valence-electron chi connectivity index (χ4n) is 0.679. The van der Waals surface area contributed by atoms with E-state index in [0.29, 0.717) is 0 Å². The van der Waals surface area contributed by atoms with Crippen molar-refractivity contribution in [3.05, 3.63) is 34.5 Å². The van der Waals surface area contributed by atoms with Crippen LogP contribution in [0.25, 0.3) is 0 Å². The van der Waals surface area contributed by atoms with Gasteiger partial charge in [0.25, 0.3) is 0 Å².